The van der Waals surface area contributed by atoms with Crippen LogP contribution in [0, 0.1) is 5.82 Å². The van der Waals surface area contributed by atoms with Crippen molar-refractivity contribution in [1.82, 2.24) is 5.32 Å². The number of amides is 1. The second-order valence-electron chi connectivity index (χ2n) is 6.24. The van der Waals surface area contributed by atoms with Crippen molar-refractivity contribution in [3.05, 3.63) is 95.3 Å². The Morgan fingerprint density at radius 2 is 1.52 bits per heavy atom. The van der Waals surface area contributed by atoms with Gasteiger partial charge in [0.05, 0.1) is 0 Å². The summed E-state index contributed by atoms with van der Waals surface area (Å²) < 4.78 is 18.9. The van der Waals surface area contributed by atoms with E-state index in [2.05, 4.69) is 5.32 Å². The van der Waals surface area contributed by atoms with Gasteiger partial charge in [0, 0.05) is 16.7 Å². The van der Waals surface area contributed by atoms with Crippen LogP contribution >= 0.6 is 0 Å². The van der Waals surface area contributed by atoms with Crippen LogP contribution in [0.4, 0.5) is 4.39 Å². The smallest absolute Gasteiger partial charge is 0.326 e. The maximum atomic E-state index is 13.2. The molecule has 4 rings (SSSR count). The van der Waals surface area contributed by atoms with Gasteiger partial charge in [-0.2, -0.15) is 0 Å². The number of esters is 1. The number of fused-ring (bicyclic) bond motifs is 3. The Balaban J connectivity index is 1.46. The first-order valence-electron chi connectivity index (χ1n) is 8.55. The van der Waals surface area contributed by atoms with Crippen LogP contribution in [-0.2, 0) is 9.53 Å². The number of carbonyl (C=O) groups is 2. The van der Waals surface area contributed by atoms with E-state index in [0.29, 0.717) is 0 Å². The average molecular weight is 361 g/mol. The van der Waals surface area contributed by atoms with E-state index in [0.717, 1.165) is 28.3 Å². The third-order valence-corrected chi connectivity index (χ3v) is 4.51. The molecule has 0 bridgehead atoms. The lowest BCUT2D eigenvalue weighted by atomic mass is 10.1. The molecule has 0 saturated heterocycles. The summed E-state index contributed by atoms with van der Waals surface area (Å²) >= 11 is 0. The summed E-state index contributed by atoms with van der Waals surface area (Å²) in [5, 5.41) is 2.47. The monoisotopic (exact) mass is 361 g/mol. The van der Waals surface area contributed by atoms with Crippen molar-refractivity contribution in [1.29, 1.82) is 0 Å². The van der Waals surface area contributed by atoms with Gasteiger partial charge in [-0.25, -0.2) is 4.39 Å². The average Bonchev–Trinajstić information content (AvgIpc) is 3.00. The van der Waals surface area contributed by atoms with E-state index in [4.69, 9.17) is 4.74 Å². The predicted octanol–water partition coefficient (Wildman–Crippen LogP) is 3.87. The van der Waals surface area contributed by atoms with Gasteiger partial charge >= 0.3 is 5.97 Å². The molecule has 4 nitrogen and oxygen atoms in total. The molecule has 5 heteroatoms. The van der Waals surface area contributed by atoms with Gasteiger partial charge in [-0.15, -0.1) is 0 Å². The summed E-state index contributed by atoms with van der Waals surface area (Å²) in [5.41, 5.74) is 4.07. The summed E-state index contributed by atoms with van der Waals surface area (Å²) in [6.07, 6.45) is -0.504. The molecular weight excluding hydrogens is 345 g/mol. The fourth-order valence-corrected chi connectivity index (χ4v) is 3.29. The Labute approximate surface area is 155 Å². The number of nitrogens with one attached hydrogen (secondary N) is 1. The molecule has 1 N–H and O–H groups in total. The number of hydrogen-bond acceptors (Lipinski definition) is 3. The highest BCUT2D eigenvalue weighted by molar-refractivity contribution is 5.96. The van der Waals surface area contributed by atoms with Crippen molar-refractivity contribution in [2.45, 2.75) is 6.10 Å². The molecule has 0 spiro atoms. The van der Waals surface area contributed by atoms with E-state index >= 15 is 0 Å². The lowest BCUT2D eigenvalue weighted by Crippen LogP contribution is -2.31. The number of carbonyl (C=O) groups excluding carboxylic acids is 2. The summed E-state index contributed by atoms with van der Waals surface area (Å²) in [6, 6.07) is 20.8. The molecule has 134 valence electrons. The van der Waals surface area contributed by atoms with Crippen LogP contribution in [0.5, 0.6) is 0 Å². The zero-order chi connectivity index (χ0) is 18.8. The molecule has 0 saturated carbocycles. The quantitative estimate of drug-likeness (QED) is 0.718. The molecule has 1 amide bonds. The van der Waals surface area contributed by atoms with Gasteiger partial charge < -0.3 is 10.1 Å². The highest BCUT2D eigenvalue weighted by Crippen LogP contribution is 2.44. The standard InChI is InChI=1S/C22H16FNO3/c23-15-7-5-6-14(12-15)22(26)24-13-20(25)27-21-18-10-3-1-8-16(18)17-9-2-4-11-19(17)21/h1-12,21H,13H2,(H,24,26). The van der Waals surface area contributed by atoms with E-state index in [1.807, 2.05) is 48.5 Å². The molecule has 0 aliphatic heterocycles. The molecule has 3 aromatic rings. The van der Waals surface area contributed by atoms with Gasteiger partial charge in [0.2, 0.25) is 0 Å². The maximum Gasteiger partial charge on any atom is 0.326 e. The van der Waals surface area contributed by atoms with Crippen LogP contribution in [-0.4, -0.2) is 18.4 Å². The highest BCUT2D eigenvalue weighted by atomic mass is 19.1. The molecule has 0 fully saturated rings. The van der Waals surface area contributed by atoms with Gasteiger partial charge in [0.25, 0.3) is 5.91 Å². The van der Waals surface area contributed by atoms with Crippen LogP contribution in [0.1, 0.15) is 27.6 Å². The van der Waals surface area contributed by atoms with E-state index in [1.165, 1.54) is 18.2 Å². The SMILES string of the molecule is O=C(CNC(=O)c1cccc(F)c1)OC1c2ccccc2-c2ccccc21. The van der Waals surface area contributed by atoms with E-state index in [-0.39, 0.29) is 12.1 Å². The first-order chi connectivity index (χ1) is 13.1. The Hall–Kier alpha value is -3.47. The number of halogens is 1. The summed E-state index contributed by atoms with van der Waals surface area (Å²) in [4.78, 5) is 24.4. The molecule has 1 aliphatic rings. The van der Waals surface area contributed by atoms with Gasteiger partial charge in [-0.3, -0.25) is 9.59 Å². The van der Waals surface area contributed by atoms with E-state index < -0.39 is 23.8 Å². The van der Waals surface area contributed by atoms with Crippen LogP contribution < -0.4 is 5.32 Å². The molecule has 27 heavy (non-hydrogen) atoms. The van der Waals surface area contributed by atoms with Crippen molar-refractivity contribution in [3.63, 3.8) is 0 Å². The lowest BCUT2D eigenvalue weighted by Gasteiger charge is -2.15. The normalized spacial score (nSPS) is 12.2. The molecule has 0 radical (unpaired) electrons. The van der Waals surface area contributed by atoms with Crippen molar-refractivity contribution in [2.24, 2.45) is 0 Å². The molecule has 0 heterocycles. The van der Waals surface area contributed by atoms with Crippen molar-refractivity contribution < 1.29 is 18.7 Å². The van der Waals surface area contributed by atoms with Gasteiger partial charge in [0.1, 0.15) is 12.4 Å². The molecule has 0 atom stereocenters. The fourth-order valence-electron chi connectivity index (χ4n) is 3.29. The minimum absolute atomic E-state index is 0.152. The number of hydrogen-bond donors (Lipinski definition) is 1. The number of ether oxygens (including phenoxy) is 1. The maximum absolute atomic E-state index is 13.2. The Morgan fingerprint density at radius 1 is 0.889 bits per heavy atom. The second kappa shape index (κ2) is 7.03. The zero-order valence-electron chi connectivity index (χ0n) is 14.3. The van der Waals surface area contributed by atoms with E-state index in [1.54, 1.807) is 0 Å². The minimum Gasteiger partial charge on any atom is -0.451 e. The Kier molecular flexibility index (Phi) is 4.42. The third kappa shape index (κ3) is 3.31. The summed E-state index contributed by atoms with van der Waals surface area (Å²) in [7, 11) is 0. The molecular formula is C22H16FNO3. The van der Waals surface area contributed by atoms with Crippen LogP contribution in [0.2, 0.25) is 0 Å². The topological polar surface area (TPSA) is 55.4 Å². The first kappa shape index (κ1) is 17.0. The summed E-state index contributed by atoms with van der Waals surface area (Å²) in [5.74, 6) is -1.60. The largest absolute Gasteiger partial charge is 0.451 e. The minimum atomic E-state index is -0.559. The second-order valence-corrected chi connectivity index (χ2v) is 6.24. The van der Waals surface area contributed by atoms with Crippen LogP contribution in [0.3, 0.4) is 0 Å². The van der Waals surface area contributed by atoms with Crippen LogP contribution in [0.25, 0.3) is 11.1 Å². The molecule has 0 unspecified atom stereocenters. The molecule has 0 aromatic heterocycles. The lowest BCUT2D eigenvalue weighted by molar-refractivity contribution is -0.146. The fraction of sp³-hybridized carbons (Fsp3) is 0.0909. The van der Waals surface area contributed by atoms with E-state index in [9.17, 15) is 14.0 Å². The zero-order valence-corrected chi connectivity index (χ0v) is 14.3. The van der Waals surface area contributed by atoms with Crippen molar-refractivity contribution in [3.8, 4) is 11.1 Å². The first-order valence-corrected chi connectivity index (χ1v) is 8.55. The third-order valence-electron chi connectivity index (χ3n) is 4.51. The summed E-state index contributed by atoms with van der Waals surface area (Å²) in [6.45, 7) is -0.295. The van der Waals surface area contributed by atoms with Gasteiger partial charge in [-0.05, 0) is 29.3 Å². The molecule has 1 aliphatic carbocycles. The predicted molar refractivity (Wildman–Crippen MR) is 98.5 cm³/mol. The Bertz CT molecular complexity index is 986. The number of rotatable bonds is 4. The Morgan fingerprint density at radius 3 is 2.15 bits per heavy atom. The van der Waals surface area contributed by atoms with Crippen LogP contribution in [0.15, 0.2) is 72.8 Å². The molecule has 3 aromatic carbocycles. The van der Waals surface area contributed by atoms with Gasteiger partial charge in [0.15, 0.2) is 6.10 Å². The van der Waals surface area contributed by atoms with Crippen molar-refractivity contribution in [2.75, 3.05) is 6.54 Å². The number of benzene rings is 3. The van der Waals surface area contributed by atoms with Gasteiger partial charge in [-0.1, -0.05) is 54.6 Å². The van der Waals surface area contributed by atoms with Crippen molar-refractivity contribution >= 4 is 11.9 Å². The highest BCUT2D eigenvalue weighted by Gasteiger charge is 2.30.